The number of anilines is 1. The predicted octanol–water partition coefficient (Wildman–Crippen LogP) is -0.0932. The van der Waals surface area contributed by atoms with Crippen LogP contribution in [0.3, 0.4) is 0 Å². The van der Waals surface area contributed by atoms with Gasteiger partial charge >= 0.3 is 0 Å². The van der Waals surface area contributed by atoms with Crippen molar-refractivity contribution in [2.75, 3.05) is 31.5 Å². The number of nitrogens with zero attached hydrogens (tertiary/aromatic N) is 2. The van der Waals surface area contributed by atoms with Crippen LogP contribution in [0.5, 0.6) is 0 Å². The van der Waals surface area contributed by atoms with Crippen LogP contribution >= 0.6 is 0 Å². The van der Waals surface area contributed by atoms with Crippen molar-refractivity contribution in [3.8, 4) is 0 Å². The van der Waals surface area contributed by atoms with Crippen LogP contribution in [0.4, 0.5) is 5.69 Å². The van der Waals surface area contributed by atoms with Crippen LogP contribution in [0.1, 0.15) is 6.92 Å². The summed E-state index contributed by atoms with van der Waals surface area (Å²) >= 11 is 0. The minimum absolute atomic E-state index is 0.0231. The lowest BCUT2D eigenvalue weighted by molar-refractivity contribution is -0.120. The predicted molar refractivity (Wildman–Crippen MR) is 59.0 cm³/mol. The van der Waals surface area contributed by atoms with Crippen LogP contribution in [0.2, 0.25) is 0 Å². The molecule has 16 heavy (non-hydrogen) atoms. The molecule has 1 aliphatic heterocycles. The van der Waals surface area contributed by atoms with Gasteiger partial charge in [0.15, 0.2) is 0 Å². The number of aromatic nitrogens is 1. The number of carbonyl (C=O) groups is 1. The Balaban J connectivity index is 1.88. The topological polar surface area (TPSA) is 70.4 Å². The summed E-state index contributed by atoms with van der Waals surface area (Å²) in [5.41, 5.74) is 0.604. The first-order valence-corrected chi connectivity index (χ1v) is 5.42. The van der Waals surface area contributed by atoms with E-state index < -0.39 is 0 Å². The first kappa shape index (κ1) is 11.1. The average molecular weight is 224 g/mol. The van der Waals surface area contributed by atoms with Gasteiger partial charge in [0.1, 0.15) is 12.0 Å². The minimum Gasteiger partial charge on any atom is -0.363 e. The Morgan fingerprint density at radius 3 is 3.00 bits per heavy atom. The van der Waals surface area contributed by atoms with Gasteiger partial charge in [-0.15, -0.1) is 0 Å². The molecule has 1 amide bonds. The number of hydrogen-bond acceptors (Lipinski definition) is 5. The van der Waals surface area contributed by atoms with E-state index in [1.54, 1.807) is 0 Å². The smallest absolute Gasteiger partial charge is 0.241 e. The molecule has 0 aromatic carbocycles. The van der Waals surface area contributed by atoms with E-state index in [0.29, 0.717) is 5.69 Å². The summed E-state index contributed by atoms with van der Waals surface area (Å²) < 4.78 is 4.65. The summed E-state index contributed by atoms with van der Waals surface area (Å²) in [5, 5.41) is 9.55. The van der Waals surface area contributed by atoms with Crippen molar-refractivity contribution in [3.05, 3.63) is 12.5 Å². The summed E-state index contributed by atoms with van der Waals surface area (Å²) in [5.74, 6) is -0.0231. The van der Waals surface area contributed by atoms with Crippen LogP contribution in [-0.4, -0.2) is 48.2 Å². The molecule has 2 heterocycles. The monoisotopic (exact) mass is 224 g/mol. The van der Waals surface area contributed by atoms with Crippen LogP contribution < -0.4 is 10.6 Å². The normalized spacial score (nSPS) is 19.3. The van der Waals surface area contributed by atoms with Gasteiger partial charge in [0.25, 0.3) is 0 Å². The molecule has 1 aromatic heterocycles. The molecule has 2 rings (SSSR count). The van der Waals surface area contributed by atoms with Gasteiger partial charge in [0.2, 0.25) is 5.91 Å². The highest BCUT2D eigenvalue weighted by Crippen LogP contribution is 2.07. The molecule has 1 aliphatic rings. The number of amides is 1. The van der Waals surface area contributed by atoms with Gasteiger partial charge in [0, 0.05) is 26.2 Å². The summed E-state index contributed by atoms with van der Waals surface area (Å²) in [7, 11) is 0. The number of hydrogen-bond donors (Lipinski definition) is 2. The second-order valence-electron chi connectivity index (χ2n) is 3.86. The highest BCUT2D eigenvalue weighted by molar-refractivity contribution is 5.94. The SMILES string of the molecule is CC(C(=O)Nc1cnoc1)N1CCNCC1. The Morgan fingerprint density at radius 1 is 1.62 bits per heavy atom. The van der Waals surface area contributed by atoms with E-state index in [4.69, 9.17) is 0 Å². The third-order valence-corrected chi connectivity index (χ3v) is 2.78. The fourth-order valence-electron chi connectivity index (χ4n) is 1.75. The van der Waals surface area contributed by atoms with Gasteiger partial charge in [-0.05, 0) is 6.92 Å². The molecule has 0 aliphatic carbocycles. The summed E-state index contributed by atoms with van der Waals surface area (Å²) in [6.45, 7) is 5.58. The highest BCUT2D eigenvalue weighted by atomic mass is 16.5. The molecule has 1 fully saturated rings. The molecule has 0 radical (unpaired) electrons. The Bertz CT molecular complexity index is 333. The molecule has 1 aromatic rings. The van der Waals surface area contributed by atoms with Gasteiger partial charge in [-0.1, -0.05) is 5.16 Å². The molecule has 0 bridgehead atoms. The van der Waals surface area contributed by atoms with Crippen molar-refractivity contribution >= 4 is 11.6 Å². The first-order valence-electron chi connectivity index (χ1n) is 5.42. The van der Waals surface area contributed by atoms with E-state index >= 15 is 0 Å². The van der Waals surface area contributed by atoms with Gasteiger partial charge < -0.3 is 15.2 Å². The zero-order valence-electron chi connectivity index (χ0n) is 9.27. The number of nitrogens with one attached hydrogen (secondary N) is 2. The lowest BCUT2D eigenvalue weighted by Crippen LogP contribution is -2.51. The van der Waals surface area contributed by atoms with E-state index in [2.05, 4.69) is 25.2 Å². The molecule has 1 saturated heterocycles. The zero-order valence-corrected chi connectivity index (χ0v) is 9.27. The molecule has 6 nitrogen and oxygen atoms in total. The van der Waals surface area contributed by atoms with Gasteiger partial charge in [-0.2, -0.15) is 0 Å². The minimum atomic E-state index is -0.128. The third-order valence-electron chi connectivity index (χ3n) is 2.78. The number of rotatable bonds is 3. The zero-order chi connectivity index (χ0) is 11.4. The molecule has 0 spiro atoms. The van der Waals surface area contributed by atoms with Crippen LogP contribution in [0, 0.1) is 0 Å². The molecule has 0 saturated carbocycles. The van der Waals surface area contributed by atoms with Crippen molar-refractivity contribution < 1.29 is 9.32 Å². The fraction of sp³-hybridized carbons (Fsp3) is 0.600. The molecular formula is C10H16N4O2. The maximum absolute atomic E-state index is 11.9. The Labute approximate surface area is 94.0 Å². The second kappa shape index (κ2) is 5.09. The lowest BCUT2D eigenvalue weighted by Gasteiger charge is -2.31. The van der Waals surface area contributed by atoms with E-state index in [0.717, 1.165) is 26.2 Å². The van der Waals surface area contributed by atoms with E-state index in [9.17, 15) is 4.79 Å². The maximum Gasteiger partial charge on any atom is 0.241 e. The Kier molecular flexibility index (Phi) is 3.53. The fourth-order valence-corrected chi connectivity index (χ4v) is 1.75. The standard InChI is InChI=1S/C10H16N4O2/c1-8(14-4-2-11-3-5-14)10(15)13-9-6-12-16-7-9/h6-8,11H,2-5H2,1H3,(H,13,15). The van der Waals surface area contributed by atoms with Crippen molar-refractivity contribution in [2.45, 2.75) is 13.0 Å². The maximum atomic E-state index is 11.9. The van der Waals surface area contributed by atoms with Crippen molar-refractivity contribution in [1.82, 2.24) is 15.4 Å². The van der Waals surface area contributed by atoms with Crippen molar-refractivity contribution in [1.29, 1.82) is 0 Å². The largest absolute Gasteiger partial charge is 0.363 e. The number of piperazine rings is 1. The summed E-state index contributed by atoms with van der Waals surface area (Å²) in [6, 6.07) is -0.128. The van der Waals surface area contributed by atoms with E-state index in [1.807, 2.05) is 6.92 Å². The molecule has 88 valence electrons. The first-order chi connectivity index (χ1) is 7.77. The highest BCUT2D eigenvalue weighted by Gasteiger charge is 2.22. The number of carbonyl (C=O) groups excluding carboxylic acids is 1. The summed E-state index contributed by atoms with van der Waals surface area (Å²) in [4.78, 5) is 14.0. The molecular weight excluding hydrogens is 208 g/mol. The molecule has 1 atom stereocenters. The molecule has 2 N–H and O–H groups in total. The van der Waals surface area contributed by atoms with Gasteiger partial charge in [0.05, 0.1) is 12.2 Å². The van der Waals surface area contributed by atoms with Crippen molar-refractivity contribution in [2.24, 2.45) is 0 Å². The lowest BCUT2D eigenvalue weighted by atomic mass is 10.2. The second-order valence-corrected chi connectivity index (χ2v) is 3.86. The van der Waals surface area contributed by atoms with Crippen LogP contribution in [-0.2, 0) is 4.79 Å². The van der Waals surface area contributed by atoms with E-state index in [1.165, 1.54) is 12.5 Å². The van der Waals surface area contributed by atoms with Crippen LogP contribution in [0.15, 0.2) is 17.0 Å². The average Bonchev–Trinajstić information content (AvgIpc) is 2.82. The van der Waals surface area contributed by atoms with Gasteiger partial charge in [-0.3, -0.25) is 9.69 Å². The Morgan fingerprint density at radius 2 is 2.38 bits per heavy atom. The Hall–Kier alpha value is -1.40. The molecule has 1 unspecified atom stereocenters. The van der Waals surface area contributed by atoms with E-state index in [-0.39, 0.29) is 11.9 Å². The quantitative estimate of drug-likeness (QED) is 0.750. The third kappa shape index (κ3) is 2.59. The van der Waals surface area contributed by atoms with Crippen LogP contribution in [0.25, 0.3) is 0 Å². The van der Waals surface area contributed by atoms with Crippen molar-refractivity contribution in [3.63, 3.8) is 0 Å². The molecule has 6 heteroatoms. The van der Waals surface area contributed by atoms with Gasteiger partial charge in [-0.25, -0.2) is 0 Å². The summed E-state index contributed by atoms with van der Waals surface area (Å²) in [6.07, 6.45) is 2.91.